The predicted octanol–water partition coefficient (Wildman–Crippen LogP) is 7.31. The molecule has 388 valence electrons. The number of alkyl halides is 6. The number of phenols is 1. The van der Waals surface area contributed by atoms with Gasteiger partial charge in [-0.2, -0.15) is 26.3 Å². The first-order chi connectivity index (χ1) is 34.0. The van der Waals surface area contributed by atoms with Crippen LogP contribution in [0.5, 0.6) is 5.75 Å². The van der Waals surface area contributed by atoms with Crippen molar-refractivity contribution in [2.75, 3.05) is 56.9 Å². The number of pyridine rings is 1. The summed E-state index contributed by atoms with van der Waals surface area (Å²) < 4.78 is 69.2. The number of aliphatic hydroxyl groups is 1. The summed E-state index contributed by atoms with van der Waals surface area (Å²) in [6.45, 7) is 3.42. The number of aromatic nitrogens is 1. The van der Waals surface area contributed by atoms with Gasteiger partial charge in [-0.25, -0.2) is 14.4 Å². The number of likely N-dealkylation sites (tertiary alicyclic amines) is 1. The zero-order valence-electron chi connectivity index (χ0n) is 38.8. The Kier molecular flexibility index (Phi) is 21.6. The Morgan fingerprint density at radius 2 is 1.46 bits per heavy atom. The number of ether oxygens (including phenoxy) is 1. The quantitative estimate of drug-likeness (QED) is 0.0337. The molecule has 1 fully saturated rings. The van der Waals surface area contributed by atoms with Crippen molar-refractivity contribution in [2.24, 2.45) is 0 Å². The average Bonchev–Trinajstić information content (AvgIpc) is 3.33. The van der Waals surface area contributed by atoms with Crippen molar-refractivity contribution in [2.45, 2.75) is 63.1 Å². The minimum atomic E-state index is -5.08. The third-order valence-electron chi connectivity index (χ3n) is 10.9. The molecule has 0 unspecified atom stereocenters. The number of para-hydroxylation sites is 1. The van der Waals surface area contributed by atoms with E-state index in [1.165, 1.54) is 12.1 Å². The van der Waals surface area contributed by atoms with Crippen LogP contribution in [0.2, 0.25) is 0 Å². The molecule has 1 atom stereocenters. The number of hydrogen-bond acceptors (Lipinski definition) is 11. The lowest BCUT2D eigenvalue weighted by Crippen LogP contribution is -2.40. The number of carbonyl (C=O) groups is 5. The van der Waals surface area contributed by atoms with Crippen LogP contribution < -0.4 is 21.5 Å². The lowest BCUT2D eigenvalue weighted by atomic mass is 10.0. The van der Waals surface area contributed by atoms with Crippen LogP contribution in [0.1, 0.15) is 49.3 Å². The highest BCUT2D eigenvalue weighted by atomic mass is 19.4. The number of aliphatic carboxylic acids is 2. The number of anilines is 2. The third-order valence-corrected chi connectivity index (χ3v) is 10.9. The van der Waals surface area contributed by atoms with Crippen LogP contribution in [0.4, 0.5) is 42.5 Å². The number of benzene rings is 4. The number of H-pyrrole nitrogens is 1. The first kappa shape index (κ1) is 57.1. The summed E-state index contributed by atoms with van der Waals surface area (Å²) >= 11 is 0. The van der Waals surface area contributed by atoms with E-state index in [1.807, 2.05) is 78.9 Å². The zero-order valence-corrected chi connectivity index (χ0v) is 38.8. The smallest absolute Gasteiger partial charge is 0.490 e. The first-order valence-electron chi connectivity index (χ1n) is 22.3. The van der Waals surface area contributed by atoms with Gasteiger partial charge in [-0.1, -0.05) is 66.7 Å². The molecule has 6 rings (SSSR count). The summed E-state index contributed by atoms with van der Waals surface area (Å²) in [4.78, 5) is 74.4. The van der Waals surface area contributed by atoms with E-state index in [-0.39, 0.29) is 42.2 Å². The number of nitrogens with zero attached hydrogens (tertiary/aromatic N) is 2. The second-order valence-electron chi connectivity index (χ2n) is 16.3. The van der Waals surface area contributed by atoms with Crippen LogP contribution in [0.25, 0.3) is 22.0 Å². The van der Waals surface area contributed by atoms with Crippen LogP contribution >= 0.6 is 0 Å². The summed E-state index contributed by atoms with van der Waals surface area (Å²) in [7, 11) is 1.76. The fourth-order valence-corrected chi connectivity index (χ4v) is 7.21. The number of halogens is 6. The number of rotatable bonds is 17. The van der Waals surface area contributed by atoms with Crippen molar-refractivity contribution >= 4 is 52.1 Å². The van der Waals surface area contributed by atoms with E-state index in [9.17, 15) is 55.7 Å². The zero-order chi connectivity index (χ0) is 53.0. The summed E-state index contributed by atoms with van der Waals surface area (Å²) in [5.41, 5.74) is 4.91. The topological polar surface area (TPSA) is 251 Å². The van der Waals surface area contributed by atoms with Gasteiger partial charge in [-0.3, -0.25) is 19.7 Å². The third kappa shape index (κ3) is 19.0. The maximum Gasteiger partial charge on any atom is 0.490 e. The highest BCUT2D eigenvalue weighted by Crippen LogP contribution is 2.30. The molecule has 1 saturated heterocycles. The summed E-state index contributed by atoms with van der Waals surface area (Å²) in [6.07, 6.45) is -8.43. The second-order valence-corrected chi connectivity index (χ2v) is 16.3. The van der Waals surface area contributed by atoms with Gasteiger partial charge in [0.05, 0.1) is 17.3 Å². The average molecular weight is 1020 g/mol. The number of aliphatic hydroxyl groups excluding tert-OH is 1. The van der Waals surface area contributed by atoms with E-state index < -0.39 is 36.5 Å². The van der Waals surface area contributed by atoms with Gasteiger partial charge in [-0.05, 0) is 79.3 Å². The number of hydrogen-bond donors (Lipinski definition) is 8. The Bertz CT molecular complexity index is 2640. The maximum absolute atomic E-state index is 12.9. The fourth-order valence-electron chi connectivity index (χ4n) is 7.21. The molecular formula is C49H54F6N6O11. The van der Waals surface area contributed by atoms with Crippen molar-refractivity contribution in [1.29, 1.82) is 0 Å². The summed E-state index contributed by atoms with van der Waals surface area (Å²) in [5, 5.41) is 44.9. The molecule has 1 aliphatic rings. The SMILES string of the molecule is CN(CCCC(=O)Nc1cccc(CCNC[C@H](O)c2ccc(O)c3[nH]c(=O)ccc23)c1)C(=O)CCN1CCC(OC(=O)Nc2ccccc2-c2ccccc2)CC1.O=C(O)C(F)(F)F.O=C(O)C(F)(F)F. The number of aromatic amines is 1. The number of fused-ring (bicyclic) bond motifs is 1. The summed E-state index contributed by atoms with van der Waals surface area (Å²) in [6, 6.07) is 31.2. The molecule has 3 amide bonds. The predicted molar refractivity (Wildman–Crippen MR) is 253 cm³/mol. The number of carboxylic acid groups (broad SMARTS) is 2. The largest absolute Gasteiger partial charge is 0.506 e. The fraction of sp³-hybridized carbons (Fsp3) is 0.347. The van der Waals surface area contributed by atoms with Gasteiger partial charge in [0.15, 0.2) is 0 Å². The monoisotopic (exact) mass is 1020 g/mol. The molecule has 8 N–H and O–H groups in total. The van der Waals surface area contributed by atoms with Gasteiger partial charge in [0, 0.05) is 75.3 Å². The first-order valence-corrected chi connectivity index (χ1v) is 22.3. The van der Waals surface area contributed by atoms with Gasteiger partial charge >= 0.3 is 30.4 Å². The van der Waals surface area contributed by atoms with Crippen molar-refractivity contribution in [3.63, 3.8) is 0 Å². The molecule has 0 spiro atoms. The van der Waals surface area contributed by atoms with Crippen LogP contribution in [0, 0.1) is 0 Å². The second kappa shape index (κ2) is 27.2. The van der Waals surface area contributed by atoms with Crippen molar-refractivity contribution in [3.8, 4) is 16.9 Å². The molecule has 0 aliphatic carbocycles. The minimum absolute atomic E-state index is 0.0248. The lowest BCUT2D eigenvalue weighted by molar-refractivity contribution is -0.193. The molecule has 72 heavy (non-hydrogen) atoms. The van der Waals surface area contributed by atoms with Crippen molar-refractivity contribution in [1.82, 2.24) is 20.1 Å². The molecule has 1 aromatic heterocycles. The number of amides is 3. The van der Waals surface area contributed by atoms with Crippen molar-refractivity contribution < 1.29 is 75.5 Å². The van der Waals surface area contributed by atoms with Crippen LogP contribution in [0.15, 0.2) is 108 Å². The van der Waals surface area contributed by atoms with E-state index in [1.54, 1.807) is 24.1 Å². The molecule has 4 aromatic carbocycles. The number of phenolic OH excluding ortho intramolecular Hbond substituents is 1. The number of piperidine rings is 1. The number of nitrogens with one attached hydrogen (secondary N) is 4. The molecule has 17 nitrogen and oxygen atoms in total. The molecule has 5 aromatic rings. The standard InChI is InChI=1S/C45H52N6O7.2C2HF3O2/c1-50(43(56)23-28-51-26-21-34(22-27-51)58-45(57)48-38-14-6-5-13-35(38)32-10-3-2-4-11-32)25-8-15-41(54)47-33-12-7-9-31(29-33)20-24-46-30-40(53)36-16-18-39(52)44-37(36)17-19-42(55)49-44;2*3-2(4,5)1(6)7/h2-7,9-14,16-19,29,34,40,46,52-53H,8,15,20-28,30H2,1H3,(H,47,54)(H,48,57)(H,49,55);2*(H,6,7)/t40-;;/m0../s1. The van der Waals surface area contributed by atoms with Gasteiger partial charge in [-0.15, -0.1) is 0 Å². The molecule has 1 aliphatic heterocycles. The Morgan fingerprint density at radius 1 is 0.819 bits per heavy atom. The minimum Gasteiger partial charge on any atom is -0.506 e. The summed E-state index contributed by atoms with van der Waals surface area (Å²) in [5.74, 6) is -5.67. The van der Waals surface area contributed by atoms with Crippen LogP contribution in [0.3, 0.4) is 0 Å². The van der Waals surface area contributed by atoms with Crippen LogP contribution in [-0.2, 0) is 30.3 Å². The van der Waals surface area contributed by atoms with Gasteiger partial charge < -0.3 is 50.6 Å². The Morgan fingerprint density at radius 3 is 2.11 bits per heavy atom. The highest BCUT2D eigenvalue weighted by Gasteiger charge is 2.39. The van der Waals surface area contributed by atoms with E-state index in [2.05, 4.69) is 25.8 Å². The number of carbonyl (C=O) groups excluding carboxylic acids is 3. The normalized spacial score (nSPS) is 13.3. The van der Waals surface area contributed by atoms with E-state index in [0.717, 1.165) is 29.8 Å². The Hall–Kier alpha value is -7.50. The highest BCUT2D eigenvalue weighted by molar-refractivity contribution is 5.92. The Labute approximate surface area is 408 Å². The van der Waals surface area contributed by atoms with Gasteiger partial charge in [0.25, 0.3) is 0 Å². The van der Waals surface area contributed by atoms with Crippen LogP contribution in [-0.4, -0.2) is 130 Å². The molecule has 0 saturated carbocycles. The number of aromatic hydroxyl groups is 1. The molecule has 23 heteroatoms. The number of carboxylic acids is 2. The Balaban J connectivity index is 0.000000703. The van der Waals surface area contributed by atoms with E-state index in [4.69, 9.17) is 24.5 Å². The molecule has 2 heterocycles. The van der Waals surface area contributed by atoms with Gasteiger partial charge in [0.1, 0.15) is 11.9 Å². The maximum atomic E-state index is 12.9. The molecule has 0 radical (unpaired) electrons. The molecule has 0 bridgehead atoms. The lowest BCUT2D eigenvalue weighted by Gasteiger charge is -2.31. The van der Waals surface area contributed by atoms with E-state index in [0.29, 0.717) is 79.6 Å². The van der Waals surface area contributed by atoms with Gasteiger partial charge in [0.2, 0.25) is 17.4 Å². The molecular weight excluding hydrogens is 963 g/mol. The van der Waals surface area contributed by atoms with E-state index >= 15 is 0 Å². The van der Waals surface area contributed by atoms with Crippen molar-refractivity contribution in [3.05, 3.63) is 125 Å².